The molecule has 0 bridgehead atoms. The number of thioether (sulfide) groups is 1. The van der Waals surface area contributed by atoms with Crippen LogP contribution < -0.4 is 5.32 Å². The van der Waals surface area contributed by atoms with Gasteiger partial charge in [0.05, 0.1) is 6.61 Å². The molecule has 0 aliphatic heterocycles. The summed E-state index contributed by atoms with van der Waals surface area (Å²) in [7, 11) is 0. The molecule has 0 spiro atoms. The summed E-state index contributed by atoms with van der Waals surface area (Å²) < 4.78 is 0. The third kappa shape index (κ3) is 3.74. The fourth-order valence-corrected chi connectivity index (χ4v) is 3.59. The minimum absolute atomic E-state index is 0.240. The Hall–Kier alpha value is -0.510. The van der Waals surface area contributed by atoms with Crippen molar-refractivity contribution in [1.29, 1.82) is 0 Å². The molecule has 3 atom stereocenters. The Labute approximate surface area is 121 Å². The number of aryl methyl sites for hydroxylation is 1. The normalized spacial score (nSPS) is 22.4. The Morgan fingerprint density at radius 2 is 2.16 bits per heavy atom. The summed E-state index contributed by atoms with van der Waals surface area (Å²) in [4.78, 5) is 0. The predicted octanol–water partition coefficient (Wildman–Crippen LogP) is 3.16. The molecular weight excluding hydrogens is 254 g/mol. The highest BCUT2D eigenvalue weighted by Gasteiger charge is 2.23. The average Bonchev–Trinajstić information content (AvgIpc) is 2.63. The second-order valence-corrected chi connectivity index (χ2v) is 6.49. The molecule has 0 amide bonds. The molecule has 2 rings (SSSR count). The van der Waals surface area contributed by atoms with Gasteiger partial charge in [-0.1, -0.05) is 30.7 Å². The Kier molecular flexibility index (Phi) is 5.74. The van der Waals surface area contributed by atoms with Crippen LogP contribution in [0.15, 0.2) is 24.3 Å². The molecule has 106 valence electrons. The fourth-order valence-electron chi connectivity index (χ4n) is 2.96. The van der Waals surface area contributed by atoms with E-state index in [0.29, 0.717) is 12.1 Å². The minimum Gasteiger partial charge on any atom is -0.395 e. The lowest BCUT2D eigenvalue weighted by atomic mass is 9.98. The molecule has 1 aromatic carbocycles. The summed E-state index contributed by atoms with van der Waals surface area (Å²) >= 11 is 1.74. The molecule has 0 aromatic heterocycles. The van der Waals surface area contributed by atoms with Crippen LogP contribution in [0.1, 0.15) is 43.4 Å². The lowest BCUT2D eigenvalue weighted by Crippen LogP contribution is -2.39. The van der Waals surface area contributed by atoms with Gasteiger partial charge < -0.3 is 10.4 Å². The van der Waals surface area contributed by atoms with Gasteiger partial charge >= 0.3 is 0 Å². The molecule has 19 heavy (non-hydrogen) atoms. The van der Waals surface area contributed by atoms with Gasteiger partial charge in [-0.15, -0.1) is 0 Å². The van der Waals surface area contributed by atoms with Crippen molar-refractivity contribution in [3.05, 3.63) is 35.4 Å². The first-order valence-electron chi connectivity index (χ1n) is 7.23. The topological polar surface area (TPSA) is 32.3 Å². The number of rotatable bonds is 5. The molecule has 0 radical (unpaired) electrons. The average molecular weight is 279 g/mol. The van der Waals surface area contributed by atoms with Crippen molar-refractivity contribution >= 4 is 11.8 Å². The van der Waals surface area contributed by atoms with Crippen LogP contribution >= 0.6 is 11.8 Å². The molecule has 1 aliphatic rings. The van der Waals surface area contributed by atoms with Gasteiger partial charge in [0.1, 0.15) is 0 Å². The lowest BCUT2D eigenvalue weighted by molar-refractivity contribution is 0.269. The summed E-state index contributed by atoms with van der Waals surface area (Å²) in [5.74, 6) is 0. The number of hydrogen-bond donors (Lipinski definition) is 2. The third-order valence-electron chi connectivity index (χ3n) is 4.12. The number of fused-ring (bicyclic) bond motifs is 1. The Morgan fingerprint density at radius 3 is 2.89 bits per heavy atom. The lowest BCUT2D eigenvalue weighted by Gasteiger charge is -2.28. The first-order valence-corrected chi connectivity index (χ1v) is 8.52. The zero-order valence-corrected chi connectivity index (χ0v) is 12.7. The van der Waals surface area contributed by atoms with Gasteiger partial charge in [-0.3, -0.25) is 0 Å². The SMILES string of the molecule is CSC(CO)C(C)NC1CCCCc2ccccc21. The van der Waals surface area contributed by atoms with Gasteiger partial charge in [0.25, 0.3) is 0 Å². The Balaban J connectivity index is 2.11. The smallest absolute Gasteiger partial charge is 0.0564 e. The van der Waals surface area contributed by atoms with Gasteiger partial charge in [-0.05, 0) is 43.6 Å². The molecule has 0 heterocycles. The summed E-state index contributed by atoms with van der Waals surface area (Å²) in [6.45, 7) is 2.43. The van der Waals surface area contributed by atoms with Gasteiger partial charge in [0, 0.05) is 17.3 Å². The monoisotopic (exact) mass is 279 g/mol. The summed E-state index contributed by atoms with van der Waals surface area (Å²) in [6, 6.07) is 9.58. The number of hydrogen-bond acceptors (Lipinski definition) is 3. The maximum absolute atomic E-state index is 9.42. The van der Waals surface area contributed by atoms with Gasteiger partial charge in [0.15, 0.2) is 0 Å². The number of nitrogens with one attached hydrogen (secondary N) is 1. The highest BCUT2D eigenvalue weighted by atomic mass is 32.2. The molecule has 3 heteroatoms. The molecule has 1 aliphatic carbocycles. The van der Waals surface area contributed by atoms with E-state index in [1.165, 1.54) is 36.8 Å². The Morgan fingerprint density at radius 1 is 1.37 bits per heavy atom. The van der Waals surface area contributed by atoms with E-state index in [1.54, 1.807) is 11.8 Å². The van der Waals surface area contributed by atoms with Crippen LogP contribution in [0.5, 0.6) is 0 Å². The van der Waals surface area contributed by atoms with E-state index in [-0.39, 0.29) is 11.9 Å². The zero-order valence-electron chi connectivity index (χ0n) is 11.9. The van der Waals surface area contributed by atoms with Crippen LogP contribution in [-0.2, 0) is 6.42 Å². The van der Waals surface area contributed by atoms with Crippen LogP contribution in [0.4, 0.5) is 0 Å². The molecular formula is C16H25NOS. The van der Waals surface area contributed by atoms with Crippen LogP contribution in [-0.4, -0.2) is 29.3 Å². The van der Waals surface area contributed by atoms with Crippen molar-refractivity contribution < 1.29 is 5.11 Å². The van der Waals surface area contributed by atoms with E-state index in [0.717, 1.165) is 0 Å². The zero-order chi connectivity index (χ0) is 13.7. The van der Waals surface area contributed by atoms with E-state index >= 15 is 0 Å². The number of benzene rings is 1. The molecule has 0 fully saturated rings. The first-order chi connectivity index (χ1) is 9.26. The standard InChI is InChI=1S/C16H25NOS/c1-12(16(11-18)19-2)17-15-10-6-4-8-13-7-3-5-9-14(13)15/h3,5,7,9,12,15-18H,4,6,8,10-11H2,1-2H3. The van der Waals surface area contributed by atoms with E-state index in [1.807, 2.05) is 0 Å². The highest BCUT2D eigenvalue weighted by molar-refractivity contribution is 7.99. The van der Waals surface area contributed by atoms with Crippen molar-refractivity contribution in [3.63, 3.8) is 0 Å². The van der Waals surface area contributed by atoms with Gasteiger partial charge in [-0.2, -0.15) is 11.8 Å². The second kappa shape index (κ2) is 7.32. The maximum atomic E-state index is 9.42. The quantitative estimate of drug-likeness (QED) is 0.812. The molecule has 1 aromatic rings. The van der Waals surface area contributed by atoms with E-state index in [4.69, 9.17) is 0 Å². The van der Waals surface area contributed by atoms with Crippen LogP contribution in [0.25, 0.3) is 0 Å². The fraction of sp³-hybridized carbons (Fsp3) is 0.625. The van der Waals surface area contributed by atoms with Crippen LogP contribution in [0.3, 0.4) is 0 Å². The van der Waals surface area contributed by atoms with Crippen molar-refractivity contribution in [2.24, 2.45) is 0 Å². The summed E-state index contributed by atoms with van der Waals surface area (Å²) in [5.41, 5.74) is 2.96. The van der Waals surface area contributed by atoms with Gasteiger partial charge in [-0.25, -0.2) is 0 Å². The van der Waals surface area contributed by atoms with E-state index in [2.05, 4.69) is 42.8 Å². The summed E-state index contributed by atoms with van der Waals surface area (Å²) in [6.07, 6.45) is 7.04. The molecule has 0 saturated heterocycles. The molecule has 0 saturated carbocycles. The van der Waals surface area contributed by atoms with Crippen LogP contribution in [0.2, 0.25) is 0 Å². The van der Waals surface area contributed by atoms with Crippen molar-refractivity contribution in [3.8, 4) is 0 Å². The number of aliphatic hydroxyl groups excluding tert-OH is 1. The summed E-state index contributed by atoms with van der Waals surface area (Å²) in [5, 5.41) is 13.4. The van der Waals surface area contributed by atoms with Crippen LogP contribution in [0, 0.1) is 0 Å². The highest BCUT2D eigenvalue weighted by Crippen LogP contribution is 2.29. The largest absolute Gasteiger partial charge is 0.395 e. The van der Waals surface area contributed by atoms with E-state index < -0.39 is 0 Å². The van der Waals surface area contributed by atoms with Crippen molar-refractivity contribution in [2.75, 3.05) is 12.9 Å². The predicted molar refractivity (Wildman–Crippen MR) is 83.7 cm³/mol. The van der Waals surface area contributed by atoms with Gasteiger partial charge in [0.2, 0.25) is 0 Å². The Bertz CT molecular complexity index is 392. The minimum atomic E-state index is 0.240. The third-order valence-corrected chi connectivity index (χ3v) is 5.29. The molecule has 2 nitrogen and oxygen atoms in total. The van der Waals surface area contributed by atoms with E-state index in [9.17, 15) is 5.11 Å². The molecule has 3 unspecified atom stereocenters. The maximum Gasteiger partial charge on any atom is 0.0564 e. The second-order valence-electron chi connectivity index (χ2n) is 5.41. The molecule has 2 N–H and O–H groups in total. The first kappa shape index (κ1) is 14.9. The van der Waals surface area contributed by atoms with Crippen molar-refractivity contribution in [1.82, 2.24) is 5.32 Å². The number of aliphatic hydroxyl groups is 1. The van der Waals surface area contributed by atoms with Crippen molar-refractivity contribution in [2.45, 2.75) is 49.9 Å².